The summed E-state index contributed by atoms with van der Waals surface area (Å²) in [6.45, 7) is 0. The summed E-state index contributed by atoms with van der Waals surface area (Å²) >= 11 is 0. The van der Waals surface area contributed by atoms with Crippen molar-refractivity contribution in [2.24, 2.45) is 7.05 Å². The number of hydrogen-bond acceptors (Lipinski definition) is 1. The zero-order valence-corrected chi connectivity index (χ0v) is 10.3. The number of pyridine rings is 1. The number of carbonyl (C=O) groups is 1. The lowest BCUT2D eigenvalue weighted by Crippen LogP contribution is -3.00. The largest absolute Gasteiger partial charge is 1.00 e. The molecule has 2 aromatic rings. The maximum absolute atomic E-state index is 10.9. The minimum atomic E-state index is -0.887. The van der Waals surface area contributed by atoms with Crippen molar-refractivity contribution in [3.05, 3.63) is 42.1 Å². The van der Waals surface area contributed by atoms with Gasteiger partial charge in [-0.15, -0.1) is 0 Å². The number of halogens is 1. The summed E-state index contributed by atoms with van der Waals surface area (Å²) in [6.07, 6.45) is 1.90. The highest BCUT2D eigenvalue weighted by Gasteiger charge is 2.11. The van der Waals surface area contributed by atoms with Crippen LogP contribution in [0.4, 0.5) is 0 Å². The highest BCUT2D eigenvalue weighted by atomic mass is 127. The van der Waals surface area contributed by atoms with E-state index in [0.29, 0.717) is 5.56 Å². The number of rotatable bonds is 1. The van der Waals surface area contributed by atoms with Gasteiger partial charge in [-0.25, -0.2) is 9.36 Å². The second kappa shape index (κ2) is 4.57. The number of nitrogens with zero attached hydrogens (tertiary/aromatic N) is 1. The van der Waals surface area contributed by atoms with Crippen molar-refractivity contribution < 1.29 is 38.4 Å². The van der Waals surface area contributed by atoms with Crippen LogP contribution < -0.4 is 28.5 Å². The van der Waals surface area contributed by atoms with E-state index in [9.17, 15) is 4.79 Å². The molecule has 0 aliphatic carbocycles. The molecule has 0 fully saturated rings. The molecule has 0 atom stereocenters. The zero-order valence-electron chi connectivity index (χ0n) is 8.14. The number of aromatic nitrogens is 1. The smallest absolute Gasteiger partial charge is 0.336 e. The van der Waals surface area contributed by atoms with E-state index in [1.807, 2.05) is 36.0 Å². The van der Waals surface area contributed by atoms with Crippen LogP contribution in [0.5, 0.6) is 0 Å². The van der Waals surface area contributed by atoms with Crippen LogP contribution in [0.1, 0.15) is 10.4 Å². The first-order valence-electron chi connectivity index (χ1n) is 4.31. The van der Waals surface area contributed by atoms with Gasteiger partial charge in [0, 0.05) is 12.1 Å². The van der Waals surface area contributed by atoms with Crippen LogP contribution in [0.3, 0.4) is 0 Å². The average Bonchev–Trinajstić information content (AvgIpc) is 2.17. The van der Waals surface area contributed by atoms with Gasteiger partial charge >= 0.3 is 5.97 Å². The monoisotopic (exact) mass is 315 g/mol. The third-order valence-corrected chi connectivity index (χ3v) is 2.27. The van der Waals surface area contributed by atoms with Crippen molar-refractivity contribution in [3.8, 4) is 0 Å². The first kappa shape index (κ1) is 11.9. The number of carboxylic acids is 1. The van der Waals surface area contributed by atoms with Gasteiger partial charge < -0.3 is 29.1 Å². The van der Waals surface area contributed by atoms with Gasteiger partial charge in [-0.05, 0) is 12.1 Å². The summed E-state index contributed by atoms with van der Waals surface area (Å²) in [7, 11) is 1.90. The van der Waals surface area contributed by atoms with E-state index in [0.717, 1.165) is 10.9 Å². The fourth-order valence-corrected chi connectivity index (χ4v) is 1.57. The van der Waals surface area contributed by atoms with E-state index in [2.05, 4.69) is 0 Å². The number of carboxylic acid groups (broad SMARTS) is 1. The van der Waals surface area contributed by atoms with Crippen molar-refractivity contribution in [1.82, 2.24) is 0 Å². The van der Waals surface area contributed by atoms with Gasteiger partial charge in [0.25, 0.3) is 0 Å². The molecule has 0 bridgehead atoms. The first-order chi connectivity index (χ1) is 6.70. The SMILES string of the molecule is C[n+]1cccc2c(C(=O)O)cccc21.[I-]. The second-order valence-corrected chi connectivity index (χ2v) is 3.16. The van der Waals surface area contributed by atoms with Crippen molar-refractivity contribution in [2.75, 3.05) is 0 Å². The maximum atomic E-state index is 10.9. The molecule has 4 heteroatoms. The minimum absolute atomic E-state index is 0. The van der Waals surface area contributed by atoms with E-state index in [4.69, 9.17) is 5.11 Å². The summed E-state index contributed by atoms with van der Waals surface area (Å²) in [5.41, 5.74) is 1.27. The molecule has 0 aliphatic rings. The van der Waals surface area contributed by atoms with E-state index >= 15 is 0 Å². The highest BCUT2D eigenvalue weighted by Crippen LogP contribution is 2.14. The van der Waals surface area contributed by atoms with Crippen LogP contribution in [-0.2, 0) is 7.05 Å². The number of fused-ring (bicyclic) bond motifs is 1. The fraction of sp³-hybridized carbons (Fsp3) is 0.0909. The fourth-order valence-electron chi connectivity index (χ4n) is 1.57. The number of aryl methyl sites for hydroxylation is 1. The third-order valence-electron chi connectivity index (χ3n) is 2.27. The lowest BCUT2D eigenvalue weighted by Gasteiger charge is -1.99. The Balaban J connectivity index is 0.00000112. The third kappa shape index (κ3) is 2.09. The minimum Gasteiger partial charge on any atom is -1.00 e. The number of aromatic carboxylic acids is 1. The summed E-state index contributed by atoms with van der Waals surface area (Å²) in [6, 6.07) is 8.94. The Morgan fingerprint density at radius 1 is 1.27 bits per heavy atom. The Hall–Kier alpha value is -1.17. The number of hydrogen-bond donors (Lipinski definition) is 1. The second-order valence-electron chi connectivity index (χ2n) is 3.16. The molecule has 0 saturated heterocycles. The van der Waals surface area contributed by atoms with Crippen LogP contribution in [-0.4, -0.2) is 11.1 Å². The quantitative estimate of drug-likeness (QED) is 0.507. The van der Waals surface area contributed by atoms with Gasteiger partial charge in [-0.3, -0.25) is 0 Å². The van der Waals surface area contributed by atoms with Gasteiger partial charge in [-0.2, -0.15) is 0 Å². The topological polar surface area (TPSA) is 41.2 Å². The molecule has 1 aromatic heterocycles. The molecule has 3 nitrogen and oxygen atoms in total. The van der Waals surface area contributed by atoms with E-state index in [1.54, 1.807) is 12.1 Å². The molecule has 1 heterocycles. The molecule has 2 rings (SSSR count). The summed E-state index contributed by atoms with van der Waals surface area (Å²) in [5, 5.41) is 9.73. The van der Waals surface area contributed by atoms with Crippen LogP contribution in [0.25, 0.3) is 10.9 Å². The van der Waals surface area contributed by atoms with Gasteiger partial charge in [0.05, 0.1) is 10.9 Å². The van der Waals surface area contributed by atoms with Gasteiger partial charge in [0.2, 0.25) is 5.52 Å². The van der Waals surface area contributed by atoms with Gasteiger partial charge in [-0.1, -0.05) is 6.07 Å². The average molecular weight is 315 g/mol. The molecule has 0 aliphatic heterocycles. The first-order valence-corrected chi connectivity index (χ1v) is 4.31. The molecular formula is C11H10INO2. The van der Waals surface area contributed by atoms with Crippen molar-refractivity contribution in [2.45, 2.75) is 0 Å². The Morgan fingerprint density at radius 3 is 2.67 bits per heavy atom. The lowest BCUT2D eigenvalue weighted by atomic mass is 10.1. The Kier molecular flexibility index (Phi) is 3.62. The van der Waals surface area contributed by atoms with Crippen LogP contribution in [0.2, 0.25) is 0 Å². The predicted octanol–water partition coefficient (Wildman–Crippen LogP) is -1.63. The number of benzene rings is 1. The lowest BCUT2D eigenvalue weighted by molar-refractivity contribution is -0.644. The molecule has 0 saturated carbocycles. The van der Waals surface area contributed by atoms with E-state index < -0.39 is 5.97 Å². The summed E-state index contributed by atoms with van der Waals surface area (Å²) < 4.78 is 1.90. The molecule has 78 valence electrons. The molecule has 0 spiro atoms. The molecular weight excluding hydrogens is 305 g/mol. The molecule has 15 heavy (non-hydrogen) atoms. The summed E-state index contributed by atoms with van der Waals surface area (Å²) in [5.74, 6) is -0.887. The molecule has 0 unspecified atom stereocenters. The van der Waals surface area contributed by atoms with E-state index in [1.165, 1.54) is 0 Å². The maximum Gasteiger partial charge on any atom is 0.336 e. The molecule has 1 aromatic carbocycles. The van der Waals surface area contributed by atoms with Gasteiger partial charge in [0.15, 0.2) is 6.20 Å². The Labute approximate surface area is 104 Å². The van der Waals surface area contributed by atoms with Crippen molar-refractivity contribution in [3.63, 3.8) is 0 Å². The van der Waals surface area contributed by atoms with Crippen LogP contribution >= 0.6 is 0 Å². The summed E-state index contributed by atoms with van der Waals surface area (Å²) in [4.78, 5) is 10.9. The van der Waals surface area contributed by atoms with Crippen LogP contribution in [0, 0.1) is 0 Å². The molecule has 0 amide bonds. The molecule has 0 radical (unpaired) electrons. The Bertz CT molecular complexity index is 511. The molecule has 1 N–H and O–H groups in total. The predicted molar refractivity (Wildman–Crippen MR) is 52.1 cm³/mol. The van der Waals surface area contributed by atoms with Crippen molar-refractivity contribution >= 4 is 16.9 Å². The van der Waals surface area contributed by atoms with Gasteiger partial charge in [0.1, 0.15) is 7.05 Å². The Morgan fingerprint density at radius 2 is 2.00 bits per heavy atom. The normalized spacial score (nSPS) is 9.67. The highest BCUT2D eigenvalue weighted by molar-refractivity contribution is 6.01. The zero-order chi connectivity index (χ0) is 10.1. The van der Waals surface area contributed by atoms with E-state index in [-0.39, 0.29) is 24.0 Å². The standard InChI is InChI=1S/C11H9NO2.HI/c1-12-7-3-5-8-9(11(13)14)4-2-6-10(8)12;/h2-7H,1H3;1H. The van der Waals surface area contributed by atoms with Crippen LogP contribution in [0.15, 0.2) is 36.5 Å². The van der Waals surface area contributed by atoms with Crippen molar-refractivity contribution in [1.29, 1.82) is 0 Å².